The van der Waals surface area contributed by atoms with Crippen molar-refractivity contribution < 1.29 is 15.4 Å². The Labute approximate surface area is 238 Å². The van der Waals surface area contributed by atoms with E-state index in [2.05, 4.69) is 67.5 Å². The van der Waals surface area contributed by atoms with Gasteiger partial charge in [0.1, 0.15) is 0 Å². The van der Waals surface area contributed by atoms with Gasteiger partial charge in [-0.25, -0.2) is 0 Å². The highest BCUT2D eigenvalue weighted by Gasteiger charge is 2.22. The minimum atomic E-state index is -0.604. The van der Waals surface area contributed by atoms with Crippen molar-refractivity contribution in [3.8, 4) is 0 Å². The Hall–Kier alpha value is -2.17. The molecule has 0 saturated carbocycles. The molecule has 39 heavy (non-hydrogen) atoms. The molecule has 0 aliphatic rings. The number of benzene rings is 2. The van der Waals surface area contributed by atoms with Crippen LogP contribution >= 0.6 is 0 Å². The van der Waals surface area contributed by atoms with Crippen LogP contribution in [0.3, 0.4) is 0 Å². The van der Waals surface area contributed by atoms with Crippen molar-refractivity contribution in [3.63, 3.8) is 0 Å². The van der Waals surface area contributed by atoms with Crippen molar-refractivity contribution in [3.05, 3.63) is 71.8 Å². The normalized spacial score (nSPS) is 14.5. The van der Waals surface area contributed by atoms with Gasteiger partial charge in [-0.15, -0.1) is 0 Å². The Morgan fingerprint density at radius 3 is 1.33 bits per heavy atom. The molecule has 0 aromatic heterocycles. The number of nitrogens with zero attached hydrogens (tertiary/aromatic N) is 1. The van der Waals surface area contributed by atoms with E-state index >= 15 is 0 Å². The predicted molar refractivity (Wildman–Crippen MR) is 165 cm³/mol. The molecule has 218 valence electrons. The Kier molecular flexibility index (Phi) is 17.5. The topological polar surface area (TPSA) is 73.0 Å². The number of hydrogen-bond acceptors (Lipinski definition) is 4. The van der Waals surface area contributed by atoms with E-state index in [-0.39, 0.29) is 11.8 Å². The molecule has 0 amide bonds. The third-order valence-corrected chi connectivity index (χ3v) is 8.05. The fourth-order valence-corrected chi connectivity index (χ4v) is 5.81. The Bertz CT molecular complexity index is 800. The van der Waals surface area contributed by atoms with Gasteiger partial charge in [-0.05, 0) is 48.6 Å². The number of oxime groups is 1. The zero-order valence-electron chi connectivity index (χ0n) is 24.7. The summed E-state index contributed by atoms with van der Waals surface area (Å²) < 4.78 is 0. The van der Waals surface area contributed by atoms with Gasteiger partial charge in [0.25, 0.3) is 0 Å². The summed E-state index contributed by atoms with van der Waals surface area (Å²) in [6.07, 6.45) is 15.1. The summed E-state index contributed by atoms with van der Waals surface area (Å²) in [4.78, 5) is 0. The van der Waals surface area contributed by atoms with Gasteiger partial charge in [-0.3, -0.25) is 0 Å². The van der Waals surface area contributed by atoms with Crippen LogP contribution in [-0.2, 0) is 0 Å². The van der Waals surface area contributed by atoms with Gasteiger partial charge in [-0.1, -0.05) is 144 Å². The van der Waals surface area contributed by atoms with Crippen LogP contribution < -0.4 is 0 Å². The van der Waals surface area contributed by atoms with Crippen LogP contribution in [0.5, 0.6) is 0 Å². The number of aliphatic hydroxyl groups excluding tert-OH is 2. The van der Waals surface area contributed by atoms with Gasteiger partial charge < -0.3 is 15.4 Å². The maximum Gasteiger partial charge on any atom is 0.0622 e. The minimum Gasteiger partial charge on any atom is -0.411 e. The third kappa shape index (κ3) is 14.2. The second kappa shape index (κ2) is 20.7. The molecule has 0 radical (unpaired) electrons. The summed E-state index contributed by atoms with van der Waals surface area (Å²) in [5.41, 5.74) is 3.01. The summed E-state index contributed by atoms with van der Waals surface area (Å²) in [5.74, 6) is 0.561. The first-order valence-electron chi connectivity index (χ1n) is 15.7. The molecule has 4 heteroatoms. The summed E-state index contributed by atoms with van der Waals surface area (Å²) >= 11 is 0. The second-order valence-corrected chi connectivity index (χ2v) is 11.5. The van der Waals surface area contributed by atoms with Gasteiger partial charge in [0.15, 0.2) is 0 Å². The molecule has 4 atom stereocenters. The van der Waals surface area contributed by atoms with E-state index in [0.29, 0.717) is 31.4 Å². The lowest BCUT2D eigenvalue weighted by molar-refractivity contribution is 0.146. The number of unbranched alkanes of at least 4 members (excludes halogenated alkanes) is 8. The number of hydrogen-bond donors (Lipinski definition) is 3. The average molecular weight is 538 g/mol. The molecule has 0 saturated heterocycles. The van der Waals surface area contributed by atoms with E-state index < -0.39 is 12.2 Å². The molecule has 0 fully saturated rings. The lowest BCUT2D eigenvalue weighted by atomic mass is 9.85. The molecule has 3 N–H and O–H groups in total. The smallest absolute Gasteiger partial charge is 0.0622 e. The number of aliphatic hydroxyl groups is 2. The molecule has 0 aliphatic heterocycles. The molecular weight excluding hydrogens is 482 g/mol. The van der Waals surface area contributed by atoms with E-state index in [1.54, 1.807) is 0 Å². The quantitative estimate of drug-likeness (QED) is 0.0606. The van der Waals surface area contributed by atoms with Gasteiger partial charge >= 0.3 is 0 Å². The van der Waals surface area contributed by atoms with Crippen LogP contribution in [0.4, 0.5) is 0 Å². The molecule has 0 bridgehead atoms. The second-order valence-electron chi connectivity index (χ2n) is 11.5. The largest absolute Gasteiger partial charge is 0.411 e. The Balaban J connectivity index is 1.92. The summed E-state index contributed by atoms with van der Waals surface area (Å²) in [7, 11) is 0. The highest BCUT2D eigenvalue weighted by molar-refractivity contribution is 5.84. The van der Waals surface area contributed by atoms with E-state index in [9.17, 15) is 15.4 Å². The molecule has 2 aromatic carbocycles. The zero-order chi connectivity index (χ0) is 28.1. The first-order chi connectivity index (χ1) is 19.1. The molecule has 0 aliphatic carbocycles. The predicted octanol–water partition coefficient (Wildman–Crippen LogP) is 9.39. The third-order valence-electron chi connectivity index (χ3n) is 8.05. The first-order valence-corrected chi connectivity index (χ1v) is 15.7. The van der Waals surface area contributed by atoms with Crippen molar-refractivity contribution in [1.29, 1.82) is 0 Å². The number of rotatable bonds is 22. The fraction of sp³-hybridized carbons (Fsp3) is 0.629. The Morgan fingerprint density at radius 2 is 0.974 bits per heavy atom. The molecule has 2 aromatic rings. The maximum absolute atomic E-state index is 11.0. The van der Waals surface area contributed by atoms with Crippen LogP contribution in [-0.4, -0.2) is 33.3 Å². The molecule has 4 nitrogen and oxygen atoms in total. The molecule has 0 heterocycles. The van der Waals surface area contributed by atoms with Crippen LogP contribution in [0.1, 0.15) is 140 Å². The monoisotopic (exact) mass is 537 g/mol. The van der Waals surface area contributed by atoms with Crippen molar-refractivity contribution in [1.82, 2.24) is 0 Å². The van der Waals surface area contributed by atoms with E-state index in [0.717, 1.165) is 25.7 Å². The van der Waals surface area contributed by atoms with Gasteiger partial charge in [0.2, 0.25) is 0 Å². The van der Waals surface area contributed by atoms with Crippen molar-refractivity contribution in [2.75, 3.05) is 0 Å². The van der Waals surface area contributed by atoms with Crippen molar-refractivity contribution in [2.24, 2.45) is 5.16 Å². The SMILES string of the molecule is CCCCCCCC(CC(O)CC(CC(O)CC(CCCCCCC)c1ccccc1)=NO)c1ccccc1. The highest BCUT2D eigenvalue weighted by atomic mass is 16.4. The standard InChI is InChI=1S/C35H55NO3/c1-3-5-7-9-13-23-31(29-19-15-11-16-20-29)25-34(37)27-33(36-39)28-35(38)26-32(24-14-10-8-6-4-2)30-21-17-12-18-22-30/h11-12,15-22,31-32,34-35,37-39H,3-10,13-14,23-28H2,1-2H3. The van der Waals surface area contributed by atoms with Gasteiger partial charge in [0.05, 0.1) is 17.9 Å². The minimum absolute atomic E-state index is 0.280. The Morgan fingerprint density at radius 1 is 0.590 bits per heavy atom. The lowest BCUT2D eigenvalue weighted by Crippen LogP contribution is -2.22. The van der Waals surface area contributed by atoms with Crippen LogP contribution in [0.2, 0.25) is 0 Å². The highest BCUT2D eigenvalue weighted by Crippen LogP contribution is 2.30. The van der Waals surface area contributed by atoms with Crippen LogP contribution in [0.25, 0.3) is 0 Å². The fourth-order valence-electron chi connectivity index (χ4n) is 5.81. The van der Waals surface area contributed by atoms with Crippen molar-refractivity contribution >= 4 is 5.71 Å². The molecule has 2 rings (SSSR count). The summed E-state index contributed by atoms with van der Waals surface area (Å²) in [5, 5.41) is 35.3. The lowest BCUT2D eigenvalue weighted by Gasteiger charge is -2.23. The maximum atomic E-state index is 11.0. The van der Waals surface area contributed by atoms with E-state index in [4.69, 9.17) is 0 Å². The van der Waals surface area contributed by atoms with E-state index in [1.807, 2.05) is 12.1 Å². The molecule has 4 unspecified atom stereocenters. The summed E-state index contributed by atoms with van der Waals surface area (Å²) in [6.45, 7) is 4.47. The average Bonchev–Trinajstić information content (AvgIpc) is 2.96. The first kappa shape index (κ1) is 33.0. The van der Waals surface area contributed by atoms with Crippen LogP contribution in [0.15, 0.2) is 65.8 Å². The summed E-state index contributed by atoms with van der Waals surface area (Å²) in [6, 6.07) is 20.9. The van der Waals surface area contributed by atoms with Crippen LogP contribution in [0, 0.1) is 0 Å². The molecule has 0 spiro atoms. The van der Waals surface area contributed by atoms with Gasteiger partial charge in [0, 0.05) is 12.8 Å². The molecular formula is C35H55NO3. The van der Waals surface area contributed by atoms with Gasteiger partial charge in [-0.2, -0.15) is 0 Å². The van der Waals surface area contributed by atoms with E-state index in [1.165, 1.54) is 62.5 Å². The van der Waals surface area contributed by atoms with Crippen molar-refractivity contribution in [2.45, 2.75) is 141 Å². The zero-order valence-corrected chi connectivity index (χ0v) is 24.7.